The second kappa shape index (κ2) is 6.31. The van der Waals surface area contributed by atoms with Crippen LogP contribution >= 0.6 is 0 Å². The molecule has 1 amide bonds. The zero-order chi connectivity index (χ0) is 18.8. The van der Waals surface area contributed by atoms with E-state index in [1.165, 1.54) is 38.2 Å². The van der Waals surface area contributed by atoms with E-state index in [0.717, 1.165) is 60.4 Å². The lowest BCUT2D eigenvalue weighted by atomic mass is 9.81. The van der Waals surface area contributed by atoms with E-state index in [9.17, 15) is 9.18 Å². The summed E-state index contributed by atoms with van der Waals surface area (Å²) in [5, 5.41) is 4.15. The maximum Gasteiger partial charge on any atom is 0.253 e. The second-order valence-corrected chi connectivity index (χ2v) is 9.30. The van der Waals surface area contributed by atoms with Crippen LogP contribution in [0.5, 0.6) is 0 Å². The molecule has 2 aromatic rings. The van der Waals surface area contributed by atoms with Gasteiger partial charge in [0, 0.05) is 47.3 Å². The summed E-state index contributed by atoms with van der Waals surface area (Å²) >= 11 is 0. The second-order valence-electron chi connectivity index (χ2n) is 9.30. The van der Waals surface area contributed by atoms with Gasteiger partial charge < -0.3 is 9.88 Å². The maximum atomic E-state index is 13.9. The Morgan fingerprint density at radius 2 is 1.82 bits per heavy atom. The van der Waals surface area contributed by atoms with E-state index in [1.54, 1.807) is 6.07 Å². The minimum atomic E-state index is -0.266. The summed E-state index contributed by atoms with van der Waals surface area (Å²) in [5.41, 5.74) is 2.81. The van der Waals surface area contributed by atoms with Crippen LogP contribution in [0.2, 0.25) is 0 Å². The van der Waals surface area contributed by atoms with E-state index in [-0.39, 0.29) is 17.8 Å². The quantitative estimate of drug-likeness (QED) is 0.872. The van der Waals surface area contributed by atoms with Gasteiger partial charge in [-0.3, -0.25) is 9.69 Å². The fraction of sp³-hybridized carbons (Fsp3) is 0.609. The molecule has 2 atom stereocenters. The molecule has 148 valence electrons. The van der Waals surface area contributed by atoms with Gasteiger partial charge in [-0.2, -0.15) is 0 Å². The van der Waals surface area contributed by atoms with Gasteiger partial charge in [-0.1, -0.05) is 6.42 Å². The number of benzene rings is 1. The molecular weight excluding hydrogens is 353 g/mol. The van der Waals surface area contributed by atoms with Crippen LogP contribution in [0.3, 0.4) is 0 Å². The van der Waals surface area contributed by atoms with Crippen LogP contribution in [0, 0.1) is 5.82 Å². The van der Waals surface area contributed by atoms with Crippen molar-refractivity contribution in [2.75, 3.05) is 0 Å². The number of carbonyl (C=O) groups is 1. The zero-order valence-corrected chi connectivity index (χ0v) is 16.3. The van der Waals surface area contributed by atoms with Crippen molar-refractivity contribution in [1.29, 1.82) is 0 Å². The minimum Gasteiger partial charge on any atom is -0.349 e. The minimum absolute atomic E-state index is 0.00851. The predicted octanol–water partition coefficient (Wildman–Crippen LogP) is 4.00. The third-order valence-electron chi connectivity index (χ3n) is 7.49. The molecule has 6 rings (SSSR count). The van der Waals surface area contributed by atoms with Crippen LogP contribution in [0.25, 0.3) is 10.9 Å². The molecule has 2 saturated heterocycles. The summed E-state index contributed by atoms with van der Waals surface area (Å²) in [5.74, 6) is -0.257. The lowest BCUT2D eigenvalue weighted by Crippen LogP contribution is -2.57. The summed E-state index contributed by atoms with van der Waals surface area (Å²) in [6.45, 7) is 0.925. The van der Waals surface area contributed by atoms with Crippen molar-refractivity contribution in [2.24, 2.45) is 0 Å². The van der Waals surface area contributed by atoms with Crippen LogP contribution in [-0.4, -0.2) is 39.5 Å². The Bertz CT molecular complexity index is 933. The molecule has 2 unspecified atom stereocenters. The number of aromatic nitrogens is 1. The van der Waals surface area contributed by atoms with E-state index in [0.29, 0.717) is 12.1 Å². The zero-order valence-electron chi connectivity index (χ0n) is 16.3. The predicted molar refractivity (Wildman–Crippen MR) is 107 cm³/mol. The highest BCUT2D eigenvalue weighted by Gasteiger charge is 2.45. The Morgan fingerprint density at radius 1 is 1.04 bits per heavy atom. The van der Waals surface area contributed by atoms with Crippen molar-refractivity contribution in [1.82, 2.24) is 14.8 Å². The first kappa shape index (κ1) is 17.0. The molecular formula is C23H28FN3O. The molecule has 2 bridgehead atoms. The first-order valence-electron chi connectivity index (χ1n) is 11.1. The van der Waals surface area contributed by atoms with Crippen LogP contribution < -0.4 is 5.32 Å². The van der Waals surface area contributed by atoms with Crippen molar-refractivity contribution in [3.8, 4) is 0 Å². The van der Waals surface area contributed by atoms with Crippen LogP contribution in [0.15, 0.2) is 18.2 Å². The average molecular weight is 381 g/mol. The molecule has 1 aliphatic carbocycles. The topological polar surface area (TPSA) is 37.3 Å². The molecule has 1 saturated carbocycles. The highest BCUT2D eigenvalue weighted by atomic mass is 19.1. The van der Waals surface area contributed by atoms with E-state index in [1.807, 2.05) is 6.07 Å². The van der Waals surface area contributed by atoms with E-state index < -0.39 is 0 Å². The van der Waals surface area contributed by atoms with E-state index in [4.69, 9.17) is 0 Å². The fourth-order valence-electron chi connectivity index (χ4n) is 6.32. The van der Waals surface area contributed by atoms with Crippen LogP contribution in [-0.2, 0) is 13.0 Å². The highest BCUT2D eigenvalue weighted by Crippen LogP contribution is 2.42. The van der Waals surface area contributed by atoms with Gasteiger partial charge in [0.1, 0.15) is 5.82 Å². The van der Waals surface area contributed by atoms with E-state index in [2.05, 4.69) is 14.8 Å². The molecule has 1 aromatic carbocycles. The normalized spacial score (nSPS) is 29.8. The standard InChI is InChI=1S/C23H28FN3O/c24-14-6-9-20-19(11-14)22(21-5-2-10-26(20)21)23(28)25-15-12-17-3-1-4-18(13-15)27(17)16-7-8-16/h6,9,11,15-18H,1-5,7-8,10,12-13H2,(H,25,28). The third-order valence-corrected chi connectivity index (χ3v) is 7.49. The van der Waals surface area contributed by atoms with Crippen molar-refractivity contribution < 1.29 is 9.18 Å². The Hall–Kier alpha value is -1.88. The van der Waals surface area contributed by atoms with Gasteiger partial charge >= 0.3 is 0 Å². The Balaban J connectivity index is 1.28. The van der Waals surface area contributed by atoms with Crippen molar-refractivity contribution in [3.05, 3.63) is 35.3 Å². The molecule has 0 radical (unpaired) electrons. The smallest absolute Gasteiger partial charge is 0.253 e. The first-order valence-corrected chi connectivity index (χ1v) is 11.1. The summed E-state index contributed by atoms with van der Waals surface area (Å²) in [7, 11) is 0. The van der Waals surface area contributed by atoms with Gasteiger partial charge in [-0.15, -0.1) is 0 Å². The summed E-state index contributed by atoms with van der Waals surface area (Å²) in [6, 6.07) is 7.21. The number of rotatable bonds is 3. The van der Waals surface area contributed by atoms with Crippen molar-refractivity contribution in [2.45, 2.75) is 88.5 Å². The van der Waals surface area contributed by atoms with Gasteiger partial charge in [0.25, 0.3) is 5.91 Å². The molecule has 4 nitrogen and oxygen atoms in total. The molecule has 5 heteroatoms. The Morgan fingerprint density at radius 3 is 2.57 bits per heavy atom. The van der Waals surface area contributed by atoms with Crippen LogP contribution in [0.4, 0.5) is 4.39 Å². The summed E-state index contributed by atoms with van der Waals surface area (Å²) in [6.07, 6.45) is 10.7. The number of halogens is 1. The molecule has 0 spiro atoms. The lowest BCUT2D eigenvalue weighted by molar-refractivity contribution is 0.0175. The number of carbonyl (C=O) groups excluding carboxylic acids is 1. The molecule has 3 aliphatic heterocycles. The number of aryl methyl sites for hydroxylation is 1. The molecule has 3 fully saturated rings. The number of amides is 1. The van der Waals surface area contributed by atoms with Crippen LogP contribution in [0.1, 0.15) is 67.4 Å². The molecule has 4 heterocycles. The largest absolute Gasteiger partial charge is 0.349 e. The lowest BCUT2D eigenvalue weighted by Gasteiger charge is -2.49. The number of hydrogen-bond donors (Lipinski definition) is 1. The number of hydrogen-bond acceptors (Lipinski definition) is 2. The Labute approximate surface area is 165 Å². The monoisotopic (exact) mass is 381 g/mol. The van der Waals surface area contributed by atoms with Gasteiger partial charge in [-0.25, -0.2) is 4.39 Å². The number of piperidine rings is 2. The molecule has 1 N–H and O–H groups in total. The third kappa shape index (κ3) is 2.62. The fourth-order valence-corrected chi connectivity index (χ4v) is 6.32. The number of nitrogens with one attached hydrogen (secondary N) is 1. The number of nitrogens with zero attached hydrogens (tertiary/aromatic N) is 2. The molecule has 4 aliphatic rings. The summed E-state index contributed by atoms with van der Waals surface area (Å²) in [4.78, 5) is 16.1. The summed E-state index contributed by atoms with van der Waals surface area (Å²) < 4.78 is 16.2. The maximum absolute atomic E-state index is 13.9. The molecule has 1 aromatic heterocycles. The van der Waals surface area contributed by atoms with Gasteiger partial charge in [-0.05, 0) is 69.6 Å². The highest BCUT2D eigenvalue weighted by molar-refractivity contribution is 6.08. The van der Waals surface area contributed by atoms with Crippen molar-refractivity contribution >= 4 is 16.8 Å². The van der Waals surface area contributed by atoms with Gasteiger partial charge in [0.2, 0.25) is 0 Å². The van der Waals surface area contributed by atoms with Gasteiger partial charge in [0.15, 0.2) is 0 Å². The number of fused-ring (bicyclic) bond motifs is 5. The Kier molecular flexibility index (Phi) is 3.84. The molecule has 28 heavy (non-hydrogen) atoms. The van der Waals surface area contributed by atoms with Gasteiger partial charge in [0.05, 0.1) is 5.56 Å². The van der Waals surface area contributed by atoms with Crippen molar-refractivity contribution in [3.63, 3.8) is 0 Å². The SMILES string of the molecule is O=C(NC1CC2CCCC(C1)N2C1CC1)c1c2n(c3ccc(F)cc13)CCC2. The van der Waals surface area contributed by atoms with E-state index >= 15 is 0 Å². The average Bonchev–Trinajstić information content (AvgIpc) is 3.31. The first-order chi connectivity index (χ1) is 13.7.